The number of hydrogen-bond acceptors (Lipinski definition) is 5. The van der Waals surface area contributed by atoms with Crippen LogP contribution in [0.5, 0.6) is 5.75 Å². The molecule has 7 heteroatoms. The minimum atomic E-state index is -0.798. The summed E-state index contributed by atoms with van der Waals surface area (Å²) in [6.07, 6.45) is 2.09. The van der Waals surface area contributed by atoms with E-state index >= 15 is 0 Å². The summed E-state index contributed by atoms with van der Waals surface area (Å²) in [5, 5.41) is 21.0. The van der Waals surface area contributed by atoms with Crippen LogP contribution < -0.4 is 9.47 Å². The molecule has 140 valence electrons. The second kappa shape index (κ2) is 7.09. The van der Waals surface area contributed by atoms with E-state index in [0.29, 0.717) is 43.0 Å². The second-order valence-corrected chi connectivity index (χ2v) is 6.99. The highest BCUT2D eigenvalue weighted by Crippen LogP contribution is 2.31. The fraction of sp³-hybridized carbons (Fsp3) is 0.474. The van der Waals surface area contributed by atoms with Gasteiger partial charge in [-0.15, -0.1) is 0 Å². The molecule has 0 aliphatic rings. The summed E-state index contributed by atoms with van der Waals surface area (Å²) in [4.78, 5) is 4.58. The SMILES string of the molecule is CCOCc1nc2c[n+](O)c3cccc(OCCC(C)(C)O)c3c2n1C. The van der Waals surface area contributed by atoms with Crippen molar-refractivity contribution in [3.63, 3.8) is 0 Å². The summed E-state index contributed by atoms with van der Waals surface area (Å²) in [5.74, 6) is 1.42. The van der Waals surface area contributed by atoms with Crippen LogP contribution in [0.1, 0.15) is 33.0 Å². The standard InChI is InChI=1S/C19H26N3O4/c1-5-25-12-16-20-13-11-22(24)14-7-6-8-15(17(14)18(13)21(16)4)26-10-9-19(2,3)23/h6-8,11,23-24H,5,9-10,12H2,1-4H3/q+1. The average molecular weight is 360 g/mol. The van der Waals surface area contributed by atoms with Crippen LogP contribution in [0.25, 0.3) is 21.9 Å². The van der Waals surface area contributed by atoms with E-state index in [4.69, 9.17) is 9.47 Å². The van der Waals surface area contributed by atoms with Crippen LogP contribution in [0.2, 0.25) is 0 Å². The molecular formula is C19H26N3O4+. The van der Waals surface area contributed by atoms with Gasteiger partial charge < -0.3 is 19.1 Å². The van der Waals surface area contributed by atoms with Crippen molar-refractivity contribution in [1.29, 1.82) is 0 Å². The molecule has 0 amide bonds. The van der Waals surface area contributed by atoms with Crippen molar-refractivity contribution < 1.29 is 24.5 Å². The van der Waals surface area contributed by atoms with Crippen LogP contribution in [0.3, 0.4) is 0 Å². The maximum Gasteiger partial charge on any atom is 0.270 e. The normalized spacial score (nSPS) is 12.2. The summed E-state index contributed by atoms with van der Waals surface area (Å²) < 4.78 is 14.5. The quantitative estimate of drug-likeness (QED) is 0.499. The van der Waals surface area contributed by atoms with Gasteiger partial charge in [0.2, 0.25) is 0 Å². The molecule has 7 nitrogen and oxygen atoms in total. The molecule has 0 atom stereocenters. The van der Waals surface area contributed by atoms with E-state index in [2.05, 4.69) is 4.98 Å². The van der Waals surface area contributed by atoms with Gasteiger partial charge in [0.15, 0.2) is 5.52 Å². The van der Waals surface area contributed by atoms with Gasteiger partial charge in [-0.25, -0.2) is 4.98 Å². The molecule has 1 aromatic carbocycles. The molecule has 3 rings (SSSR count). The van der Waals surface area contributed by atoms with Crippen LogP contribution in [0.4, 0.5) is 0 Å². The van der Waals surface area contributed by atoms with E-state index in [1.165, 1.54) is 0 Å². The Kier molecular flexibility index (Phi) is 5.02. The highest BCUT2D eigenvalue weighted by Gasteiger charge is 2.23. The van der Waals surface area contributed by atoms with Gasteiger partial charge in [0.25, 0.3) is 11.7 Å². The van der Waals surface area contributed by atoms with Crippen molar-refractivity contribution in [2.75, 3.05) is 13.2 Å². The first-order valence-corrected chi connectivity index (χ1v) is 8.76. The minimum absolute atomic E-state index is 0.369. The third-order valence-electron chi connectivity index (χ3n) is 4.35. The first kappa shape index (κ1) is 18.4. The first-order chi connectivity index (χ1) is 12.3. The zero-order chi connectivity index (χ0) is 18.9. The van der Waals surface area contributed by atoms with Crippen molar-refractivity contribution in [2.45, 2.75) is 39.4 Å². The summed E-state index contributed by atoms with van der Waals surface area (Å²) in [6.45, 7) is 6.81. The number of nitrogens with zero attached hydrogens (tertiary/aromatic N) is 3. The van der Waals surface area contributed by atoms with Crippen LogP contribution in [0.15, 0.2) is 24.4 Å². The highest BCUT2D eigenvalue weighted by atomic mass is 16.5. The van der Waals surface area contributed by atoms with Gasteiger partial charge in [-0.2, -0.15) is 0 Å². The number of aryl methyl sites for hydroxylation is 1. The third kappa shape index (κ3) is 3.59. The lowest BCUT2D eigenvalue weighted by Gasteiger charge is -2.17. The zero-order valence-electron chi connectivity index (χ0n) is 15.7. The molecule has 0 saturated heterocycles. The van der Waals surface area contributed by atoms with Crippen molar-refractivity contribution in [3.05, 3.63) is 30.2 Å². The molecule has 3 aromatic rings. The number of pyridine rings is 1. The number of rotatable bonds is 7. The number of fused-ring (bicyclic) bond motifs is 3. The van der Waals surface area contributed by atoms with Crippen LogP contribution in [-0.4, -0.2) is 38.7 Å². The highest BCUT2D eigenvalue weighted by molar-refractivity contribution is 6.04. The van der Waals surface area contributed by atoms with Crippen LogP contribution in [0, 0.1) is 0 Å². The van der Waals surface area contributed by atoms with Crippen molar-refractivity contribution in [1.82, 2.24) is 9.55 Å². The lowest BCUT2D eigenvalue weighted by Crippen LogP contribution is -2.30. The third-order valence-corrected chi connectivity index (χ3v) is 4.35. The number of aromatic nitrogens is 3. The molecule has 2 aromatic heterocycles. The largest absolute Gasteiger partial charge is 0.493 e. The summed E-state index contributed by atoms with van der Waals surface area (Å²) in [7, 11) is 1.93. The van der Waals surface area contributed by atoms with E-state index in [1.54, 1.807) is 20.0 Å². The molecule has 0 saturated carbocycles. The Hall–Kier alpha value is -2.38. The Morgan fingerprint density at radius 1 is 1.31 bits per heavy atom. The van der Waals surface area contributed by atoms with Crippen LogP contribution >= 0.6 is 0 Å². The molecule has 2 heterocycles. The van der Waals surface area contributed by atoms with E-state index in [1.807, 2.05) is 36.7 Å². The molecule has 2 N–H and O–H groups in total. The molecule has 0 spiro atoms. The first-order valence-electron chi connectivity index (χ1n) is 8.76. The van der Waals surface area contributed by atoms with E-state index in [9.17, 15) is 10.3 Å². The lowest BCUT2D eigenvalue weighted by atomic mass is 10.1. The summed E-state index contributed by atoms with van der Waals surface area (Å²) in [6, 6.07) is 5.52. The van der Waals surface area contributed by atoms with E-state index in [0.717, 1.165) is 21.5 Å². The fourth-order valence-electron chi connectivity index (χ4n) is 2.94. The smallest absolute Gasteiger partial charge is 0.270 e. The topological polar surface area (TPSA) is 80.6 Å². The minimum Gasteiger partial charge on any atom is -0.493 e. The zero-order valence-corrected chi connectivity index (χ0v) is 15.7. The molecule has 0 bridgehead atoms. The van der Waals surface area contributed by atoms with Crippen molar-refractivity contribution >= 4 is 21.9 Å². The number of ether oxygens (including phenoxy) is 2. The number of aliphatic hydroxyl groups is 1. The fourth-order valence-corrected chi connectivity index (χ4v) is 2.94. The molecule has 0 aliphatic heterocycles. The molecule has 0 unspecified atom stereocenters. The summed E-state index contributed by atoms with van der Waals surface area (Å²) >= 11 is 0. The molecule has 0 radical (unpaired) electrons. The van der Waals surface area contributed by atoms with E-state index < -0.39 is 5.60 Å². The Bertz CT molecular complexity index is 928. The monoisotopic (exact) mass is 360 g/mol. The molecule has 26 heavy (non-hydrogen) atoms. The van der Waals surface area contributed by atoms with Gasteiger partial charge in [-0.05, 0) is 26.8 Å². The predicted octanol–water partition coefficient (Wildman–Crippen LogP) is 2.33. The number of benzene rings is 1. The van der Waals surface area contributed by atoms with Gasteiger partial charge in [0.05, 0.1) is 17.7 Å². The van der Waals surface area contributed by atoms with Crippen molar-refractivity contribution in [3.8, 4) is 5.75 Å². The molecule has 0 fully saturated rings. The maximum absolute atomic E-state index is 10.4. The van der Waals surface area contributed by atoms with Crippen LogP contribution in [-0.2, 0) is 18.4 Å². The Balaban J connectivity index is 2.12. The Labute approximate surface area is 152 Å². The van der Waals surface area contributed by atoms with Gasteiger partial charge in [0, 0.05) is 30.9 Å². The summed E-state index contributed by atoms with van der Waals surface area (Å²) in [5.41, 5.74) is 1.37. The lowest BCUT2D eigenvalue weighted by molar-refractivity contribution is -0.883. The van der Waals surface area contributed by atoms with Gasteiger partial charge in [-0.3, -0.25) is 5.21 Å². The van der Waals surface area contributed by atoms with Gasteiger partial charge >= 0.3 is 0 Å². The molecular weight excluding hydrogens is 334 g/mol. The Morgan fingerprint density at radius 2 is 2.08 bits per heavy atom. The number of hydrogen-bond donors (Lipinski definition) is 2. The predicted molar refractivity (Wildman–Crippen MR) is 97.3 cm³/mol. The second-order valence-electron chi connectivity index (χ2n) is 6.99. The maximum atomic E-state index is 10.4. The van der Waals surface area contributed by atoms with Gasteiger partial charge in [0.1, 0.15) is 23.6 Å². The van der Waals surface area contributed by atoms with Crippen molar-refractivity contribution in [2.24, 2.45) is 7.05 Å². The number of imidazole rings is 1. The Morgan fingerprint density at radius 3 is 2.77 bits per heavy atom. The van der Waals surface area contributed by atoms with E-state index in [-0.39, 0.29) is 0 Å². The average Bonchev–Trinajstić information content (AvgIpc) is 2.88. The van der Waals surface area contributed by atoms with Gasteiger partial charge in [-0.1, -0.05) is 6.07 Å². The molecule has 0 aliphatic carbocycles.